The van der Waals surface area contributed by atoms with Gasteiger partial charge in [0, 0.05) is 42.6 Å². The number of anilines is 1. The van der Waals surface area contributed by atoms with Crippen LogP contribution in [0.1, 0.15) is 24.3 Å². The normalized spacial score (nSPS) is 22.3. The molecule has 23 heavy (non-hydrogen) atoms. The number of carbonyl (C=O) groups excluding carboxylic acids is 2. The number of fused-ring (bicyclic) bond motifs is 1. The number of hydrogen-bond donors (Lipinski definition) is 2. The van der Waals surface area contributed by atoms with Crippen LogP contribution in [0.4, 0.5) is 10.1 Å². The molecule has 0 aliphatic carbocycles. The maximum absolute atomic E-state index is 14.8. The summed E-state index contributed by atoms with van der Waals surface area (Å²) in [6.45, 7) is 1.29. The monoisotopic (exact) mass is 317 g/mol. The Morgan fingerprint density at radius 3 is 2.83 bits per heavy atom. The zero-order valence-electron chi connectivity index (χ0n) is 12.3. The van der Waals surface area contributed by atoms with Crippen LogP contribution in [-0.4, -0.2) is 30.9 Å². The van der Waals surface area contributed by atoms with Gasteiger partial charge >= 0.3 is 0 Å². The van der Waals surface area contributed by atoms with E-state index in [1.807, 2.05) is 4.90 Å². The Labute approximate surface area is 131 Å². The van der Waals surface area contributed by atoms with Crippen LogP contribution in [0.5, 0.6) is 0 Å². The highest BCUT2D eigenvalue weighted by Gasteiger charge is 2.34. The second-order valence-corrected chi connectivity index (χ2v) is 6.12. The zero-order valence-corrected chi connectivity index (χ0v) is 12.3. The lowest BCUT2D eigenvalue weighted by Gasteiger charge is -2.39. The van der Waals surface area contributed by atoms with E-state index < -0.39 is 17.6 Å². The first-order valence-corrected chi connectivity index (χ1v) is 7.58. The summed E-state index contributed by atoms with van der Waals surface area (Å²) in [6, 6.07) is 3.15. The number of benzene rings is 1. The van der Waals surface area contributed by atoms with Crippen LogP contribution in [0, 0.1) is 5.82 Å². The Hall–Kier alpha value is -2.41. The highest BCUT2D eigenvalue weighted by molar-refractivity contribution is 6.04. The molecule has 0 saturated carbocycles. The van der Waals surface area contributed by atoms with Crippen LogP contribution in [0.25, 0.3) is 11.0 Å². The van der Waals surface area contributed by atoms with Crippen LogP contribution >= 0.6 is 0 Å². The summed E-state index contributed by atoms with van der Waals surface area (Å²) in [6.07, 6.45) is 2.00. The van der Waals surface area contributed by atoms with Crippen molar-refractivity contribution in [1.82, 2.24) is 5.32 Å². The van der Waals surface area contributed by atoms with Gasteiger partial charge in [0.05, 0.1) is 17.9 Å². The maximum atomic E-state index is 14.8. The van der Waals surface area contributed by atoms with E-state index >= 15 is 0 Å². The van der Waals surface area contributed by atoms with Gasteiger partial charge in [-0.3, -0.25) is 14.9 Å². The zero-order chi connectivity index (χ0) is 16.1. The van der Waals surface area contributed by atoms with E-state index in [0.29, 0.717) is 41.7 Å². The van der Waals surface area contributed by atoms with Crippen molar-refractivity contribution >= 4 is 28.5 Å². The molecule has 0 unspecified atom stereocenters. The molecule has 2 aliphatic rings. The molecule has 7 heteroatoms. The van der Waals surface area contributed by atoms with E-state index in [9.17, 15) is 14.0 Å². The average Bonchev–Trinajstić information content (AvgIpc) is 2.94. The average molecular weight is 317 g/mol. The van der Waals surface area contributed by atoms with Gasteiger partial charge in [-0.05, 0) is 12.5 Å². The molecule has 3 heterocycles. The molecule has 120 valence electrons. The highest BCUT2D eigenvalue weighted by Crippen LogP contribution is 2.39. The fourth-order valence-corrected chi connectivity index (χ4v) is 3.38. The molecule has 3 N–H and O–H groups in total. The lowest BCUT2D eigenvalue weighted by atomic mass is 9.87. The van der Waals surface area contributed by atoms with Crippen LogP contribution in [0.2, 0.25) is 0 Å². The summed E-state index contributed by atoms with van der Waals surface area (Å²) in [4.78, 5) is 25.4. The first-order valence-electron chi connectivity index (χ1n) is 7.58. The molecule has 6 nitrogen and oxygen atoms in total. The molecule has 2 amide bonds. The summed E-state index contributed by atoms with van der Waals surface area (Å²) in [5.41, 5.74) is 7.30. The third-order valence-corrected chi connectivity index (χ3v) is 4.55. The third-order valence-electron chi connectivity index (χ3n) is 4.55. The fraction of sp³-hybridized carbons (Fsp3) is 0.375. The first-order chi connectivity index (χ1) is 11.0. The van der Waals surface area contributed by atoms with Crippen molar-refractivity contribution < 1.29 is 18.4 Å². The van der Waals surface area contributed by atoms with E-state index in [1.54, 1.807) is 6.07 Å². The number of imide groups is 1. The summed E-state index contributed by atoms with van der Waals surface area (Å²) >= 11 is 0. The van der Waals surface area contributed by atoms with Crippen molar-refractivity contribution in [2.24, 2.45) is 5.73 Å². The Morgan fingerprint density at radius 2 is 2.13 bits per heavy atom. The molecule has 1 aromatic heterocycles. The maximum Gasteiger partial charge on any atom is 0.234 e. The molecular formula is C16H16FN3O3. The number of furan rings is 1. The smallest absolute Gasteiger partial charge is 0.234 e. The predicted octanol–water partition coefficient (Wildman–Crippen LogP) is 1.24. The summed E-state index contributed by atoms with van der Waals surface area (Å²) in [7, 11) is 0. The first kappa shape index (κ1) is 14.2. The standard InChI is InChI=1S/C16H16FN3O3/c17-11-5-12(20-6-8(18)7-20)15-9(3-4-23-15)14(11)10-1-2-13(21)19-16(10)22/h3-5,8,10H,1-2,6-7,18H2,(H,19,21,22)/t10-/m0/s1. The molecule has 1 aromatic carbocycles. The minimum atomic E-state index is -0.680. The van der Waals surface area contributed by atoms with E-state index in [-0.39, 0.29) is 18.4 Å². The van der Waals surface area contributed by atoms with Crippen LogP contribution in [0.3, 0.4) is 0 Å². The van der Waals surface area contributed by atoms with E-state index in [0.717, 1.165) is 0 Å². The van der Waals surface area contributed by atoms with Crippen molar-refractivity contribution in [2.75, 3.05) is 18.0 Å². The number of carbonyl (C=O) groups is 2. The van der Waals surface area contributed by atoms with E-state index in [1.165, 1.54) is 12.3 Å². The number of rotatable bonds is 2. The van der Waals surface area contributed by atoms with E-state index in [2.05, 4.69) is 5.32 Å². The van der Waals surface area contributed by atoms with Gasteiger partial charge in [0.15, 0.2) is 5.58 Å². The van der Waals surface area contributed by atoms with Gasteiger partial charge in [0.25, 0.3) is 0 Å². The molecule has 0 bridgehead atoms. The Kier molecular flexibility index (Phi) is 3.12. The third kappa shape index (κ3) is 2.19. The minimum absolute atomic E-state index is 0.0814. The second kappa shape index (κ2) is 5.06. The van der Waals surface area contributed by atoms with Crippen molar-refractivity contribution in [3.8, 4) is 0 Å². The van der Waals surface area contributed by atoms with Crippen molar-refractivity contribution in [3.63, 3.8) is 0 Å². The van der Waals surface area contributed by atoms with Gasteiger partial charge in [-0.2, -0.15) is 0 Å². The van der Waals surface area contributed by atoms with Gasteiger partial charge in [0.2, 0.25) is 11.8 Å². The largest absolute Gasteiger partial charge is 0.462 e. The molecule has 2 fully saturated rings. The quantitative estimate of drug-likeness (QED) is 0.814. The van der Waals surface area contributed by atoms with Gasteiger partial charge in [-0.1, -0.05) is 0 Å². The van der Waals surface area contributed by atoms with Crippen LogP contribution < -0.4 is 16.0 Å². The molecule has 2 saturated heterocycles. The lowest BCUT2D eigenvalue weighted by molar-refractivity contribution is -0.134. The van der Waals surface area contributed by atoms with Gasteiger partial charge in [-0.15, -0.1) is 0 Å². The fourth-order valence-electron chi connectivity index (χ4n) is 3.38. The predicted molar refractivity (Wildman–Crippen MR) is 81.5 cm³/mol. The lowest BCUT2D eigenvalue weighted by Crippen LogP contribution is -2.56. The van der Waals surface area contributed by atoms with E-state index in [4.69, 9.17) is 10.2 Å². The summed E-state index contributed by atoms with van der Waals surface area (Å²) in [5.74, 6) is -1.91. The van der Waals surface area contributed by atoms with Crippen molar-refractivity contribution in [2.45, 2.75) is 24.8 Å². The molecule has 2 aliphatic heterocycles. The van der Waals surface area contributed by atoms with Crippen LogP contribution in [0.15, 0.2) is 22.8 Å². The molecule has 0 radical (unpaired) electrons. The summed E-state index contributed by atoms with van der Waals surface area (Å²) < 4.78 is 20.3. The highest BCUT2D eigenvalue weighted by atomic mass is 19.1. The molecule has 1 atom stereocenters. The number of hydrogen-bond acceptors (Lipinski definition) is 5. The minimum Gasteiger partial charge on any atom is -0.462 e. The van der Waals surface area contributed by atoms with Gasteiger partial charge in [-0.25, -0.2) is 4.39 Å². The van der Waals surface area contributed by atoms with Crippen molar-refractivity contribution in [1.29, 1.82) is 0 Å². The number of piperidine rings is 1. The Balaban J connectivity index is 1.81. The molecular weight excluding hydrogens is 301 g/mol. The molecule has 0 spiro atoms. The molecule has 2 aromatic rings. The SMILES string of the molecule is NC1CN(c2cc(F)c([C@@H]3CCC(=O)NC3=O)c3ccoc23)C1. The number of nitrogens with two attached hydrogens (primary N) is 1. The number of halogens is 1. The number of nitrogens with zero attached hydrogens (tertiary/aromatic N) is 1. The second-order valence-electron chi connectivity index (χ2n) is 6.12. The van der Waals surface area contributed by atoms with Gasteiger partial charge in [0.1, 0.15) is 5.82 Å². The Bertz CT molecular complexity index is 810. The van der Waals surface area contributed by atoms with Crippen molar-refractivity contribution in [3.05, 3.63) is 29.8 Å². The topological polar surface area (TPSA) is 88.6 Å². The molecule has 4 rings (SSSR count). The number of nitrogens with one attached hydrogen (secondary N) is 1. The number of amides is 2. The van der Waals surface area contributed by atoms with Crippen LogP contribution in [-0.2, 0) is 9.59 Å². The Morgan fingerprint density at radius 1 is 1.35 bits per heavy atom. The van der Waals surface area contributed by atoms with Gasteiger partial charge < -0.3 is 15.1 Å². The summed E-state index contributed by atoms with van der Waals surface area (Å²) in [5, 5.41) is 2.85.